The van der Waals surface area contributed by atoms with Crippen molar-refractivity contribution in [1.29, 1.82) is 0 Å². The van der Waals surface area contributed by atoms with E-state index >= 15 is 0 Å². The van der Waals surface area contributed by atoms with Gasteiger partial charge in [0, 0.05) is 31.6 Å². The lowest BCUT2D eigenvalue weighted by atomic mass is 9.96. The van der Waals surface area contributed by atoms with Crippen molar-refractivity contribution in [3.63, 3.8) is 0 Å². The van der Waals surface area contributed by atoms with Gasteiger partial charge in [0.15, 0.2) is 6.23 Å². The van der Waals surface area contributed by atoms with E-state index < -0.39 is 121 Å². The number of phenolic OH excluding ortho intramolecular Hbond substituents is 1. The van der Waals surface area contributed by atoms with Gasteiger partial charge in [-0.3, -0.25) is 33.6 Å². The molecule has 6 unspecified atom stereocenters. The first-order valence-electron chi connectivity index (χ1n) is 29.3. The summed E-state index contributed by atoms with van der Waals surface area (Å²) in [6.07, 6.45) is -6.47. The highest BCUT2D eigenvalue weighted by Gasteiger charge is 2.46. The summed E-state index contributed by atoms with van der Waals surface area (Å²) in [6.45, 7) is 8.46. The van der Waals surface area contributed by atoms with Crippen molar-refractivity contribution >= 4 is 41.4 Å². The molecule has 0 aromatic heterocycles. The molecule has 0 spiro atoms. The lowest BCUT2D eigenvalue weighted by Crippen LogP contribution is -2.63. The van der Waals surface area contributed by atoms with E-state index in [0.29, 0.717) is 6.61 Å². The zero-order valence-corrected chi connectivity index (χ0v) is 49.3. The van der Waals surface area contributed by atoms with Crippen molar-refractivity contribution in [2.45, 2.75) is 140 Å². The number of likely N-dealkylation sites (tertiary alicyclic amines) is 2. The summed E-state index contributed by atoms with van der Waals surface area (Å²) in [4.78, 5) is 99.9. The Morgan fingerprint density at radius 1 is 0.651 bits per heavy atom. The summed E-state index contributed by atoms with van der Waals surface area (Å²) in [5.74, 6) is -5.79. The molecule has 86 heavy (non-hydrogen) atoms. The van der Waals surface area contributed by atoms with Crippen LogP contribution in [0.4, 0.5) is 0 Å². The Hall–Kier alpha value is -7.55. The largest absolute Gasteiger partial charge is 0.508 e. The number of nitrogens with two attached hydrogens (primary N) is 1. The number of phenols is 1. The third-order valence-corrected chi connectivity index (χ3v) is 15.0. The van der Waals surface area contributed by atoms with Gasteiger partial charge in [0.1, 0.15) is 53.9 Å². The number of ether oxygens (including phenoxy) is 3. The normalized spacial score (nSPS) is 19.4. The van der Waals surface area contributed by atoms with Crippen LogP contribution >= 0.6 is 0 Å². The van der Waals surface area contributed by atoms with Crippen LogP contribution in [0.25, 0.3) is 22.3 Å². The minimum atomic E-state index is -2.21. The molecule has 2 aliphatic rings. The van der Waals surface area contributed by atoms with Crippen molar-refractivity contribution in [3.05, 3.63) is 108 Å². The quantitative estimate of drug-likeness (QED) is 0.0250. The molecule has 0 aliphatic carbocycles. The second kappa shape index (κ2) is 32.8. The lowest BCUT2D eigenvalue weighted by molar-refractivity contribution is -0.148. The van der Waals surface area contributed by atoms with Crippen LogP contribution in [0.2, 0.25) is 0 Å². The fourth-order valence-electron chi connectivity index (χ4n) is 10.2. The number of hydrogen-bond donors (Lipinski definition) is 12. The van der Waals surface area contributed by atoms with Gasteiger partial charge >= 0.3 is 0 Å². The molecular formula is C62H84N8O16. The zero-order chi connectivity index (χ0) is 62.6. The summed E-state index contributed by atoms with van der Waals surface area (Å²) in [7, 11) is 0. The summed E-state index contributed by atoms with van der Waals surface area (Å²) >= 11 is 0. The first-order valence-corrected chi connectivity index (χ1v) is 29.3. The van der Waals surface area contributed by atoms with Gasteiger partial charge in [-0.05, 0) is 103 Å². The number of unbranched alkanes of at least 4 members (excludes halogenated alkanes) is 2. The number of aliphatic hydroxyl groups is 5. The molecule has 0 saturated carbocycles. The van der Waals surface area contributed by atoms with E-state index in [0.717, 1.165) is 57.1 Å². The minimum absolute atomic E-state index is 0.00204. The molecule has 468 valence electrons. The maximum atomic E-state index is 14.5. The Labute approximate surface area is 500 Å². The number of β-amino-alcohol motifs (C(OH)–C–C–N with tert-alkyl or cyclic N) is 1. The fourth-order valence-corrected chi connectivity index (χ4v) is 10.2. The van der Waals surface area contributed by atoms with Crippen LogP contribution in [0.15, 0.2) is 97.1 Å². The third-order valence-electron chi connectivity index (χ3n) is 15.0. The Bertz CT molecular complexity index is 2860. The van der Waals surface area contributed by atoms with E-state index in [1.807, 2.05) is 48.5 Å². The van der Waals surface area contributed by atoms with Crippen LogP contribution in [0, 0.1) is 5.92 Å². The second-order valence-electron chi connectivity index (χ2n) is 21.9. The molecule has 4 aromatic rings. The van der Waals surface area contributed by atoms with E-state index in [1.54, 1.807) is 38.1 Å². The first-order chi connectivity index (χ1) is 41.1. The van der Waals surface area contributed by atoms with Gasteiger partial charge in [0.05, 0.1) is 51.3 Å². The zero-order valence-electron chi connectivity index (χ0n) is 49.3. The number of nitrogens with zero attached hydrogens (tertiary/aromatic N) is 2. The van der Waals surface area contributed by atoms with E-state index in [9.17, 15) is 64.2 Å². The van der Waals surface area contributed by atoms with E-state index in [2.05, 4.69) is 33.5 Å². The highest BCUT2D eigenvalue weighted by Crippen LogP contribution is 2.29. The monoisotopic (exact) mass is 1200 g/mol. The van der Waals surface area contributed by atoms with Crippen LogP contribution in [0.5, 0.6) is 11.5 Å². The van der Waals surface area contributed by atoms with Crippen molar-refractivity contribution < 1.29 is 78.4 Å². The molecule has 2 heterocycles. The van der Waals surface area contributed by atoms with Gasteiger partial charge in [0.25, 0.3) is 5.91 Å². The summed E-state index contributed by atoms with van der Waals surface area (Å²) in [5, 5.41) is 77.9. The molecule has 2 aliphatic heterocycles. The highest BCUT2D eigenvalue weighted by atomic mass is 16.5. The number of rotatable bonds is 31. The van der Waals surface area contributed by atoms with E-state index in [4.69, 9.17) is 19.9 Å². The maximum Gasteiger partial charge on any atom is 0.251 e. The average Bonchev–Trinajstić information content (AvgIpc) is 2.03. The molecule has 12 atom stereocenters. The summed E-state index contributed by atoms with van der Waals surface area (Å²) in [5.41, 5.74) is 9.54. The molecular weight excluding hydrogens is 1110 g/mol. The van der Waals surface area contributed by atoms with E-state index in [1.165, 1.54) is 38.1 Å². The van der Waals surface area contributed by atoms with E-state index in [-0.39, 0.29) is 75.0 Å². The molecule has 24 heteroatoms. The predicted octanol–water partition coefficient (Wildman–Crippen LogP) is 1.38. The van der Waals surface area contributed by atoms with Crippen molar-refractivity contribution in [1.82, 2.24) is 36.4 Å². The van der Waals surface area contributed by atoms with Gasteiger partial charge in [-0.25, -0.2) is 0 Å². The van der Waals surface area contributed by atoms with Gasteiger partial charge in [-0.2, -0.15) is 0 Å². The Balaban J connectivity index is 1.09. The molecule has 0 bridgehead atoms. The number of nitrogens with one attached hydrogen (secondary N) is 5. The Kier molecular flexibility index (Phi) is 25.8. The molecule has 6 rings (SSSR count). The number of hydrogen-bond acceptors (Lipinski definition) is 17. The van der Waals surface area contributed by atoms with Gasteiger partial charge in [-0.1, -0.05) is 94.3 Å². The molecule has 13 N–H and O–H groups in total. The molecule has 0 radical (unpaired) electrons. The average molecular weight is 1200 g/mol. The number of benzene rings is 4. The third kappa shape index (κ3) is 18.7. The van der Waals surface area contributed by atoms with Gasteiger partial charge < -0.3 is 87.0 Å². The minimum Gasteiger partial charge on any atom is -0.508 e. The molecule has 4 aromatic carbocycles. The topological polar surface area (TPSA) is 361 Å². The molecule has 2 fully saturated rings. The summed E-state index contributed by atoms with van der Waals surface area (Å²) < 4.78 is 16.8. The second-order valence-corrected chi connectivity index (χ2v) is 21.9. The Morgan fingerprint density at radius 3 is 1.81 bits per heavy atom. The van der Waals surface area contributed by atoms with Crippen molar-refractivity contribution in [2.24, 2.45) is 11.7 Å². The van der Waals surface area contributed by atoms with Crippen LogP contribution in [0.3, 0.4) is 0 Å². The molecule has 24 nitrogen and oxygen atoms in total. The molecule has 2 saturated heterocycles. The number of carbonyl (C=O) groups is 7. The van der Waals surface area contributed by atoms with Gasteiger partial charge in [0.2, 0.25) is 35.4 Å². The summed E-state index contributed by atoms with van der Waals surface area (Å²) in [6, 6.07) is 19.7. The highest BCUT2D eigenvalue weighted by molar-refractivity contribution is 5.99. The van der Waals surface area contributed by atoms with Crippen LogP contribution < -0.4 is 37.1 Å². The standard InChI is InChI=1S/C62H84N8O16/c1-6-8-9-27-85-47-24-20-42(21-25-47)40-12-10-39(11-13-40)41-14-16-44(17-15-41)56(78)64-33-51(75)65-48(7-2)61(82)70-35-46(74)32-50(70)57(79)67-53(55(77)54(76)43-18-22-45(73)23-19-43)59(81)66-52(37(4)71)62(83)69-34-36(3)31-49(69)58(80)68-60(38(5)72)86-30-29-84-28-26-63/h10-25,36-38,46,48-50,52-55,60,71-74,76-77H,6-9,26-35,63H2,1-5H3,(H,64,78)(H,65,75)(H,66,81)(H,67,79)(H,68,80)/t36-,37-,38-,46-,48?,49?,50?,52?,53?,54+,55+,60?/m1/s1. The molecule has 7 amide bonds. The first kappa shape index (κ1) is 67.6. The predicted molar refractivity (Wildman–Crippen MR) is 316 cm³/mol. The van der Waals surface area contributed by atoms with Crippen molar-refractivity contribution in [3.8, 4) is 33.8 Å². The lowest BCUT2D eigenvalue weighted by Gasteiger charge is -2.34. The van der Waals surface area contributed by atoms with Crippen LogP contribution in [0.1, 0.15) is 95.2 Å². The number of carbonyl (C=O) groups excluding carboxylic acids is 7. The fraction of sp³-hybridized carbons (Fsp3) is 0.500. The maximum absolute atomic E-state index is 14.5. The number of aromatic hydroxyl groups is 1. The SMILES string of the molecule is CCCCCOc1ccc(-c2ccc(-c3ccc(C(=O)NCC(=O)NC(CC)C(=O)N4C[C@H](O)CC4C(=O)NC(C(=O)NC(C(=O)N4C[C@H](C)CC4C(=O)NC(OCCOCCN)[C@@H](C)O)[C@@H](C)O)[C@H](O)[C@@H](O)c4ccc(O)cc4)cc3)cc2)cc1. The van der Waals surface area contributed by atoms with Crippen molar-refractivity contribution in [2.75, 3.05) is 52.6 Å². The van der Waals surface area contributed by atoms with Crippen LogP contribution in [-0.2, 0) is 38.2 Å². The Morgan fingerprint density at radius 2 is 1.23 bits per heavy atom. The number of aliphatic hydroxyl groups excluding tert-OH is 5. The number of amides is 7. The van der Waals surface area contributed by atoms with Gasteiger partial charge in [-0.15, -0.1) is 0 Å². The van der Waals surface area contributed by atoms with Crippen LogP contribution in [-0.4, -0.2) is 195 Å². The smallest absolute Gasteiger partial charge is 0.251 e.